The van der Waals surface area contributed by atoms with Gasteiger partial charge in [-0.15, -0.1) is 12.4 Å². The second-order valence-electron chi connectivity index (χ2n) is 7.08. The van der Waals surface area contributed by atoms with Crippen LogP contribution in [0.2, 0.25) is 0 Å². The van der Waals surface area contributed by atoms with Crippen LogP contribution in [0.25, 0.3) is 0 Å². The molecule has 2 heterocycles. The smallest absolute Gasteiger partial charge is 0.130 e. The van der Waals surface area contributed by atoms with E-state index in [4.69, 9.17) is 0 Å². The predicted molar refractivity (Wildman–Crippen MR) is 103 cm³/mol. The van der Waals surface area contributed by atoms with Crippen molar-refractivity contribution in [1.29, 1.82) is 0 Å². The molecule has 3 rings (SSSR count). The van der Waals surface area contributed by atoms with Gasteiger partial charge in [0, 0.05) is 37.7 Å². The summed E-state index contributed by atoms with van der Waals surface area (Å²) in [5.74, 6) is 1.00. The third kappa shape index (κ3) is 4.50. The maximum atomic E-state index is 4.53. The average Bonchev–Trinajstić information content (AvgIpc) is 3.18. The first-order chi connectivity index (χ1) is 11.4. The van der Waals surface area contributed by atoms with Gasteiger partial charge in [0.1, 0.15) is 5.82 Å². The van der Waals surface area contributed by atoms with E-state index in [0.29, 0.717) is 0 Å². The summed E-state index contributed by atoms with van der Waals surface area (Å²) in [5, 5.41) is 8.10. The molecule has 1 N–H and O–H groups in total. The molecular weight excluding hydrogens is 334 g/mol. The fourth-order valence-corrected chi connectivity index (χ4v) is 2.70. The molecule has 0 amide bonds. The van der Waals surface area contributed by atoms with Crippen LogP contribution in [0.1, 0.15) is 43.8 Å². The van der Waals surface area contributed by atoms with Crippen LogP contribution in [0.3, 0.4) is 0 Å². The molecule has 0 aliphatic carbocycles. The van der Waals surface area contributed by atoms with Crippen LogP contribution in [-0.4, -0.2) is 19.3 Å². The van der Waals surface area contributed by atoms with Crippen molar-refractivity contribution in [1.82, 2.24) is 24.6 Å². The van der Waals surface area contributed by atoms with Crippen molar-refractivity contribution < 1.29 is 0 Å². The van der Waals surface area contributed by atoms with Crippen LogP contribution in [0.15, 0.2) is 55.1 Å². The van der Waals surface area contributed by atoms with Crippen LogP contribution in [0.5, 0.6) is 0 Å². The van der Waals surface area contributed by atoms with Gasteiger partial charge in [-0.2, -0.15) is 5.10 Å². The number of hydrogen-bond acceptors (Lipinski definition) is 3. The molecule has 5 nitrogen and oxygen atoms in total. The number of nitrogens with zero attached hydrogens (tertiary/aromatic N) is 4. The molecule has 3 aromatic rings. The minimum atomic E-state index is -0.00322. The van der Waals surface area contributed by atoms with Crippen LogP contribution < -0.4 is 5.32 Å². The molecule has 1 unspecified atom stereocenters. The minimum absolute atomic E-state index is 0. The van der Waals surface area contributed by atoms with Gasteiger partial charge in [-0.05, 0) is 26.3 Å². The first kappa shape index (κ1) is 19.2. The summed E-state index contributed by atoms with van der Waals surface area (Å²) in [7, 11) is 2.03. The topological polar surface area (TPSA) is 47.7 Å². The van der Waals surface area contributed by atoms with Crippen LogP contribution in [0, 0.1) is 0 Å². The Kier molecular flexibility index (Phi) is 6.03. The van der Waals surface area contributed by atoms with Crippen LogP contribution in [-0.2, 0) is 19.1 Å². The zero-order chi connectivity index (χ0) is 17.2. The Labute approximate surface area is 155 Å². The van der Waals surface area contributed by atoms with Gasteiger partial charge in [0.25, 0.3) is 0 Å². The number of aryl methyl sites for hydroxylation is 1. The Bertz CT molecular complexity index is 786. The molecule has 6 heteroatoms. The summed E-state index contributed by atoms with van der Waals surface area (Å²) >= 11 is 0. The fraction of sp³-hybridized carbons (Fsp3) is 0.368. The predicted octanol–water partition coefficient (Wildman–Crippen LogP) is 3.67. The Morgan fingerprint density at radius 1 is 1.16 bits per heavy atom. The molecule has 2 aromatic heterocycles. The normalized spacial score (nSPS) is 12.6. The highest BCUT2D eigenvalue weighted by Gasteiger charge is 2.19. The lowest BCUT2D eigenvalue weighted by Crippen LogP contribution is -2.25. The van der Waals surface area contributed by atoms with Gasteiger partial charge in [0.05, 0.1) is 17.8 Å². The number of hydrogen-bond donors (Lipinski definition) is 1. The third-order valence-corrected chi connectivity index (χ3v) is 4.08. The van der Waals surface area contributed by atoms with Gasteiger partial charge in [-0.25, -0.2) is 4.98 Å². The highest BCUT2D eigenvalue weighted by molar-refractivity contribution is 5.85. The number of benzene rings is 1. The summed E-state index contributed by atoms with van der Waals surface area (Å²) < 4.78 is 4.06. The first-order valence-corrected chi connectivity index (χ1v) is 8.25. The number of nitrogens with one attached hydrogen (secondary N) is 1. The molecule has 1 aromatic carbocycles. The van der Waals surface area contributed by atoms with E-state index < -0.39 is 0 Å². The Morgan fingerprint density at radius 2 is 1.88 bits per heavy atom. The second kappa shape index (κ2) is 7.85. The maximum absolute atomic E-state index is 4.53. The van der Waals surface area contributed by atoms with Gasteiger partial charge >= 0.3 is 0 Å². The van der Waals surface area contributed by atoms with Crippen molar-refractivity contribution >= 4 is 12.4 Å². The molecule has 1 atom stereocenters. The van der Waals surface area contributed by atoms with Crippen LogP contribution in [0.4, 0.5) is 0 Å². The van der Waals surface area contributed by atoms with Crippen LogP contribution >= 0.6 is 12.4 Å². The van der Waals surface area contributed by atoms with Crippen molar-refractivity contribution in [2.45, 2.75) is 38.9 Å². The van der Waals surface area contributed by atoms with E-state index in [1.807, 2.05) is 36.4 Å². The maximum Gasteiger partial charge on any atom is 0.130 e. The molecule has 0 spiro atoms. The Hall–Kier alpha value is -2.11. The standard InChI is InChI=1S/C19H25N5.ClH/c1-19(2,3)24-14-15(13-22-24)12-21-17(16-8-6-5-7-9-16)18-20-10-11-23(18)4;/h5-11,13-14,17,21H,12H2,1-4H3;1H. The van der Waals surface area contributed by atoms with Gasteiger partial charge in [-0.3, -0.25) is 10.00 Å². The van der Waals surface area contributed by atoms with Crippen molar-refractivity contribution in [3.63, 3.8) is 0 Å². The number of rotatable bonds is 5. The molecule has 0 bridgehead atoms. The van der Waals surface area contributed by atoms with E-state index in [0.717, 1.165) is 12.4 Å². The SMILES string of the molecule is Cl.Cn1ccnc1C(NCc1cnn(C(C)(C)C)c1)c1ccccc1. The number of imidazole rings is 1. The minimum Gasteiger partial charge on any atom is -0.336 e. The summed E-state index contributed by atoms with van der Waals surface area (Å²) in [6.45, 7) is 7.19. The number of halogens is 1. The highest BCUT2D eigenvalue weighted by atomic mass is 35.5. The molecule has 0 saturated carbocycles. The highest BCUT2D eigenvalue weighted by Crippen LogP contribution is 2.21. The summed E-state index contributed by atoms with van der Waals surface area (Å²) in [4.78, 5) is 4.53. The van der Waals surface area contributed by atoms with Gasteiger partial charge in [0.15, 0.2) is 0 Å². The molecule has 25 heavy (non-hydrogen) atoms. The average molecular weight is 360 g/mol. The molecule has 0 radical (unpaired) electrons. The Balaban J connectivity index is 0.00000225. The quantitative estimate of drug-likeness (QED) is 0.756. The lowest BCUT2D eigenvalue weighted by molar-refractivity contribution is 0.355. The zero-order valence-corrected chi connectivity index (χ0v) is 16.0. The first-order valence-electron chi connectivity index (χ1n) is 8.25. The van der Waals surface area contributed by atoms with E-state index in [2.05, 4.69) is 71.2 Å². The van der Waals surface area contributed by atoms with E-state index in [9.17, 15) is 0 Å². The summed E-state index contributed by atoms with van der Waals surface area (Å²) in [6, 6.07) is 10.5. The van der Waals surface area contributed by atoms with Crippen molar-refractivity contribution in [2.75, 3.05) is 0 Å². The fourth-order valence-electron chi connectivity index (χ4n) is 2.70. The van der Waals surface area contributed by atoms with E-state index in [1.54, 1.807) is 0 Å². The third-order valence-electron chi connectivity index (χ3n) is 4.08. The van der Waals surface area contributed by atoms with Gasteiger partial charge in [0.2, 0.25) is 0 Å². The molecule has 0 aliphatic rings. The lowest BCUT2D eigenvalue weighted by Gasteiger charge is -2.20. The molecular formula is C19H26ClN5. The zero-order valence-electron chi connectivity index (χ0n) is 15.2. The van der Waals surface area contributed by atoms with Crippen molar-refractivity contribution in [3.8, 4) is 0 Å². The van der Waals surface area contributed by atoms with E-state index >= 15 is 0 Å². The van der Waals surface area contributed by atoms with Gasteiger partial charge in [-0.1, -0.05) is 30.3 Å². The molecule has 0 fully saturated rings. The van der Waals surface area contributed by atoms with E-state index in [1.165, 1.54) is 11.1 Å². The molecule has 0 saturated heterocycles. The summed E-state index contributed by atoms with van der Waals surface area (Å²) in [5.41, 5.74) is 2.37. The van der Waals surface area contributed by atoms with Crippen molar-refractivity contribution in [3.05, 3.63) is 72.1 Å². The van der Waals surface area contributed by atoms with E-state index in [-0.39, 0.29) is 24.0 Å². The molecule has 0 aliphatic heterocycles. The van der Waals surface area contributed by atoms with Crippen molar-refractivity contribution in [2.24, 2.45) is 7.05 Å². The molecule has 134 valence electrons. The number of aromatic nitrogens is 4. The monoisotopic (exact) mass is 359 g/mol. The summed E-state index contributed by atoms with van der Waals surface area (Å²) in [6.07, 6.45) is 7.85. The second-order valence-corrected chi connectivity index (χ2v) is 7.08. The van der Waals surface area contributed by atoms with Gasteiger partial charge < -0.3 is 4.57 Å². The lowest BCUT2D eigenvalue weighted by atomic mass is 10.1. The largest absolute Gasteiger partial charge is 0.336 e. The Morgan fingerprint density at radius 3 is 2.44 bits per heavy atom.